The maximum absolute atomic E-state index is 4.34. The molecule has 0 saturated heterocycles. The maximum atomic E-state index is 4.34. The van der Waals surface area contributed by atoms with E-state index in [0.29, 0.717) is 0 Å². The molecule has 0 aliphatic heterocycles. The number of hydrogen-bond donors (Lipinski definition) is 1. The summed E-state index contributed by atoms with van der Waals surface area (Å²) in [5.41, 5.74) is 4.55. The molecule has 16 heavy (non-hydrogen) atoms. The number of hydrogen-bond acceptors (Lipinski definition) is 2. The topological polar surface area (TPSA) is 41.6 Å². The van der Waals surface area contributed by atoms with Crippen molar-refractivity contribution in [2.45, 2.75) is 6.92 Å². The van der Waals surface area contributed by atoms with Gasteiger partial charge in [0.25, 0.3) is 0 Å². The van der Waals surface area contributed by atoms with Crippen molar-refractivity contribution in [3.05, 3.63) is 48.4 Å². The van der Waals surface area contributed by atoms with Crippen molar-refractivity contribution >= 4 is 10.9 Å². The van der Waals surface area contributed by atoms with Crippen molar-refractivity contribution in [2.75, 3.05) is 0 Å². The zero-order valence-corrected chi connectivity index (χ0v) is 8.94. The Morgan fingerprint density at radius 1 is 1.12 bits per heavy atom. The molecule has 78 valence electrons. The second-order valence-corrected chi connectivity index (χ2v) is 3.85. The SMILES string of the molecule is Cc1ccnc2ccc(-c3cn[nH]c3)cc12. The monoisotopic (exact) mass is 209 g/mol. The van der Waals surface area contributed by atoms with Gasteiger partial charge < -0.3 is 0 Å². The summed E-state index contributed by atoms with van der Waals surface area (Å²) >= 11 is 0. The molecule has 0 atom stereocenters. The summed E-state index contributed by atoms with van der Waals surface area (Å²) in [7, 11) is 0. The van der Waals surface area contributed by atoms with Gasteiger partial charge in [0.1, 0.15) is 0 Å². The zero-order valence-electron chi connectivity index (χ0n) is 8.94. The molecule has 0 radical (unpaired) electrons. The molecule has 1 aromatic carbocycles. The Morgan fingerprint density at radius 3 is 2.88 bits per heavy atom. The lowest BCUT2D eigenvalue weighted by Gasteiger charge is -2.03. The molecule has 0 saturated carbocycles. The van der Waals surface area contributed by atoms with Crippen LogP contribution in [0.1, 0.15) is 5.56 Å². The minimum Gasteiger partial charge on any atom is -0.285 e. The lowest BCUT2D eigenvalue weighted by atomic mass is 10.0. The van der Waals surface area contributed by atoms with Gasteiger partial charge in [0, 0.05) is 23.3 Å². The first-order chi connectivity index (χ1) is 7.84. The van der Waals surface area contributed by atoms with Crippen molar-refractivity contribution in [3.63, 3.8) is 0 Å². The van der Waals surface area contributed by atoms with E-state index in [1.165, 1.54) is 10.9 Å². The van der Waals surface area contributed by atoms with Crippen LogP contribution in [-0.2, 0) is 0 Å². The molecule has 2 heterocycles. The quantitative estimate of drug-likeness (QED) is 0.669. The number of nitrogens with one attached hydrogen (secondary N) is 1. The van der Waals surface area contributed by atoms with Crippen LogP contribution in [-0.4, -0.2) is 15.2 Å². The Hall–Kier alpha value is -2.16. The van der Waals surface area contributed by atoms with Crippen molar-refractivity contribution < 1.29 is 0 Å². The molecule has 3 rings (SSSR count). The van der Waals surface area contributed by atoms with Crippen LogP contribution in [0.3, 0.4) is 0 Å². The minimum absolute atomic E-state index is 1.03. The average molecular weight is 209 g/mol. The van der Waals surface area contributed by atoms with Gasteiger partial charge in [-0.2, -0.15) is 5.10 Å². The van der Waals surface area contributed by atoms with Gasteiger partial charge in [-0.05, 0) is 36.2 Å². The zero-order chi connectivity index (χ0) is 11.0. The van der Waals surface area contributed by atoms with E-state index in [0.717, 1.165) is 16.6 Å². The Kier molecular flexibility index (Phi) is 1.96. The summed E-state index contributed by atoms with van der Waals surface area (Å²) in [4.78, 5) is 4.34. The predicted molar refractivity (Wildman–Crippen MR) is 64.1 cm³/mol. The predicted octanol–water partition coefficient (Wildman–Crippen LogP) is 2.93. The fraction of sp³-hybridized carbons (Fsp3) is 0.0769. The van der Waals surface area contributed by atoms with E-state index >= 15 is 0 Å². The summed E-state index contributed by atoms with van der Waals surface area (Å²) in [5, 5.41) is 7.98. The van der Waals surface area contributed by atoms with Gasteiger partial charge in [-0.25, -0.2) is 0 Å². The Bertz CT molecular complexity index is 627. The molecule has 0 bridgehead atoms. The van der Waals surface area contributed by atoms with Crippen LogP contribution in [0.2, 0.25) is 0 Å². The van der Waals surface area contributed by atoms with Gasteiger partial charge in [-0.15, -0.1) is 0 Å². The van der Waals surface area contributed by atoms with E-state index in [1.807, 2.05) is 30.7 Å². The van der Waals surface area contributed by atoms with Crippen LogP contribution in [0.25, 0.3) is 22.0 Å². The number of H-pyrrole nitrogens is 1. The number of fused-ring (bicyclic) bond motifs is 1. The second-order valence-electron chi connectivity index (χ2n) is 3.85. The first kappa shape index (κ1) is 9.09. The number of pyridine rings is 1. The van der Waals surface area contributed by atoms with Gasteiger partial charge in [0.05, 0.1) is 11.7 Å². The van der Waals surface area contributed by atoms with Crippen LogP contribution >= 0.6 is 0 Å². The highest BCUT2D eigenvalue weighted by atomic mass is 15.1. The Morgan fingerprint density at radius 2 is 2.06 bits per heavy atom. The normalized spacial score (nSPS) is 10.8. The highest BCUT2D eigenvalue weighted by molar-refractivity contribution is 5.86. The van der Waals surface area contributed by atoms with Crippen molar-refractivity contribution in [2.24, 2.45) is 0 Å². The molecule has 0 unspecified atom stereocenters. The van der Waals surface area contributed by atoms with E-state index in [-0.39, 0.29) is 0 Å². The molecule has 3 heteroatoms. The summed E-state index contributed by atoms with van der Waals surface area (Å²) in [6, 6.07) is 8.30. The van der Waals surface area contributed by atoms with Gasteiger partial charge in [-0.3, -0.25) is 10.1 Å². The van der Waals surface area contributed by atoms with Crippen LogP contribution < -0.4 is 0 Å². The third-order valence-electron chi connectivity index (χ3n) is 2.79. The highest BCUT2D eigenvalue weighted by Gasteiger charge is 2.02. The molecule has 0 amide bonds. The first-order valence-electron chi connectivity index (χ1n) is 5.19. The number of nitrogens with zero attached hydrogens (tertiary/aromatic N) is 2. The van der Waals surface area contributed by atoms with Crippen LogP contribution in [0, 0.1) is 6.92 Å². The standard InChI is InChI=1S/C13H11N3/c1-9-4-5-14-13-3-2-10(6-12(9)13)11-7-15-16-8-11/h2-8H,1H3,(H,15,16). The fourth-order valence-electron chi connectivity index (χ4n) is 1.87. The minimum atomic E-state index is 1.03. The van der Waals surface area contributed by atoms with E-state index in [4.69, 9.17) is 0 Å². The van der Waals surface area contributed by atoms with Crippen molar-refractivity contribution in [1.29, 1.82) is 0 Å². The molecule has 0 aliphatic carbocycles. The van der Waals surface area contributed by atoms with E-state index in [9.17, 15) is 0 Å². The van der Waals surface area contributed by atoms with Gasteiger partial charge in [0.2, 0.25) is 0 Å². The number of aryl methyl sites for hydroxylation is 1. The molecule has 1 N–H and O–H groups in total. The number of benzene rings is 1. The summed E-state index contributed by atoms with van der Waals surface area (Å²) in [5.74, 6) is 0. The third kappa shape index (κ3) is 1.37. The van der Waals surface area contributed by atoms with Crippen molar-refractivity contribution in [3.8, 4) is 11.1 Å². The average Bonchev–Trinajstić information content (AvgIpc) is 2.83. The molecule has 2 aromatic heterocycles. The maximum Gasteiger partial charge on any atom is 0.0705 e. The smallest absolute Gasteiger partial charge is 0.0705 e. The molecule has 0 fully saturated rings. The van der Waals surface area contributed by atoms with Gasteiger partial charge in [-0.1, -0.05) is 6.07 Å². The number of aromatic amines is 1. The van der Waals surface area contributed by atoms with E-state index in [2.05, 4.69) is 34.2 Å². The van der Waals surface area contributed by atoms with Crippen molar-refractivity contribution in [1.82, 2.24) is 15.2 Å². The summed E-state index contributed by atoms with van der Waals surface area (Å²) in [6.07, 6.45) is 5.56. The number of aromatic nitrogens is 3. The summed E-state index contributed by atoms with van der Waals surface area (Å²) < 4.78 is 0. The van der Waals surface area contributed by atoms with Crippen LogP contribution in [0.4, 0.5) is 0 Å². The fourth-order valence-corrected chi connectivity index (χ4v) is 1.87. The second kappa shape index (κ2) is 3.45. The molecule has 0 spiro atoms. The lowest BCUT2D eigenvalue weighted by Crippen LogP contribution is -1.83. The van der Waals surface area contributed by atoms with E-state index in [1.54, 1.807) is 0 Å². The highest BCUT2D eigenvalue weighted by Crippen LogP contribution is 2.24. The summed E-state index contributed by atoms with van der Waals surface area (Å²) in [6.45, 7) is 2.10. The number of rotatable bonds is 1. The van der Waals surface area contributed by atoms with Crippen LogP contribution in [0.15, 0.2) is 42.9 Å². The Labute approximate surface area is 93.2 Å². The molecule has 3 aromatic rings. The third-order valence-corrected chi connectivity index (χ3v) is 2.79. The van der Waals surface area contributed by atoms with Gasteiger partial charge in [0.15, 0.2) is 0 Å². The largest absolute Gasteiger partial charge is 0.285 e. The van der Waals surface area contributed by atoms with E-state index < -0.39 is 0 Å². The molecule has 3 nitrogen and oxygen atoms in total. The first-order valence-corrected chi connectivity index (χ1v) is 5.19. The molecular formula is C13H11N3. The van der Waals surface area contributed by atoms with Crippen LogP contribution in [0.5, 0.6) is 0 Å². The molecule has 0 aliphatic rings. The molecular weight excluding hydrogens is 198 g/mol. The lowest BCUT2D eigenvalue weighted by molar-refractivity contribution is 1.09. The Balaban J connectivity index is 2.27. The van der Waals surface area contributed by atoms with Gasteiger partial charge >= 0.3 is 0 Å².